The Morgan fingerprint density at radius 3 is 2.68 bits per heavy atom. The molecule has 0 unspecified atom stereocenters. The molecule has 0 saturated carbocycles. The molecule has 2 rings (SSSR count). The van der Waals surface area contributed by atoms with Gasteiger partial charge in [0.15, 0.2) is 0 Å². The molecule has 1 saturated heterocycles. The molecule has 1 N–H and O–H groups in total. The van der Waals surface area contributed by atoms with Gasteiger partial charge in [-0.15, -0.1) is 0 Å². The average Bonchev–Trinajstić information content (AvgIpc) is 2.54. The first-order valence-corrected chi connectivity index (χ1v) is 8.96. The van der Waals surface area contributed by atoms with E-state index in [0.717, 1.165) is 19.3 Å². The summed E-state index contributed by atoms with van der Waals surface area (Å²) in [6.07, 6.45) is 2.85. The summed E-state index contributed by atoms with van der Waals surface area (Å²) in [5.41, 5.74) is 0.461. The van der Waals surface area contributed by atoms with Crippen LogP contribution in [0.1, 0.15) is 26.2 Å². The molecular formula is C15H22N2O4S. The lowest BCUT2D eigenvalue weighted by molar-refractivity contribution is -0.120. The normalized spacial score (nSPS) is 16.4. The van der Waals surface area contributed by atoms with Gasteiger partial charge in [-0.2, -0.15) is 4.31 Å². The highest BCUT2D eigenvalue weighted by Gasteiger charge is 2.26. The number of sulfonamides is 1. The zero-order valence-electron chi connectivity index (χ0n) is 12.7. The van der Waals surface area contributed by atoms with Gasteiger partial charge in [0.05, 0.1) is 4.90 Å². The van der Waals surface area contributed by atoms with Crippen LogP contribution < -0.4 is 5.32 Å². The number of ether oxygens (including phenoxy) is 1. The quantitative estimate of drug-likeness (QED) is 0.865. The lowest BCUT2D eigenvalue weighted by Crippen LogP contribution is -2.35. The summed E-state index contributed by atoms with van der Waals surface area (Å²) in [6, 6.07) is 6.35. The molecule has 0 aromatic heterocycles. The molecule has 1 aliphatic heterocycles. The van der Waals surface area contributed by atoms with Crippen molar-refractivity contribution in [1.82, 2.24) is 4.31 Å². The predicted molar refractivity (Wildman–Crippen MR) is 84.2 cm³/mol. The van der Waals surface area contributed by atoms with Crippen molar-refractivity contribution in [2.24, 2.45) is 0 Å². The molecule has 7 heteroatoms. The van der Waals surface area contributed by atoms with E-state index in [-0.39, 0.29) is 17.4 Å². The highest BCUT2D eigenvalue weighted by Crippen LogP contribution is 2.22. The van der Waals surface area contributed by atoms with Crippen molar-refractivity contribution in [1.29, 1.82) is 0 Å². The van der Waals surface area contributed by atoms with E-state index in [1.165, 1.54) is 10.4 Å². The minimum Gasteiger partial charge on any atom is -0.372 e. The third-order valence-corrected chi connectivity index (χ3v) is 5.40. The van der Waals surface area contributed by atoms with Crippen molar-refractivity contribution in [2.45, 2.75) is 31.1 Å². The third kappa shape index (κ3) is 4.28. The van der Waals surface area contributed by atoms with Crippen LogP contribution in [0.4, 0.5) is 5.69 Å². The molecule has 0 radical (unpaired) electrons. The number of carbonyl (C=O) groups is 1. The number of hydrogen-bond acceptors (Lipinski definition) is 4. The maximum absolute atomic E-state index is 12.6. The van der Waals surface area contributed by atoms with E-state index in [2.05, 4.69) is 5.32 Å². The molecular weight excluding hydrogens is 304 g/mol. The largest absolute Gasteiger partial charge is 0.372 e. The fourth-order valence-electron chi connectivity index (χ4n) is 2.38. The standard InChI is InChI=1S/C15H22N2O4S/c1-2-21-12-15(18)16-13-7-6-8-14(11-13)22(19,20)17-9-4-3-5-10-17/h6-8,11H,2-5,9-10,12H2,1H3,(H,16,18). The van der Waals surface area contributed by atoms with Crippen molar-refractivity contribution in [2.75, 3.05) is 31.6 Å². The van der Waals surface area contributed by atoms with Gasteiger partial charge in [-0.1, -0.05) is 12.5 Å². The number of hydrogen-bond donors (Lipinski definition) is 1. The molecule has 1 fully saturated rings. The van der Waals surface area contributed by atoms with Crippen LogP contribution in [0, 0.1) is 0 Å². The number of piperidine rings is 1. The smallest absolute Gasteiger partial charge is 0.250 e. The molecule has 122 valence electrons. The first-order chi connectivity index (χ1) is 10.5. The van der Waals surface area contributed by atoms with Gasteiger partial charge in [0, 0.05) is 25.4 Å². The Morgan fingerprint density at radius 1 is 1.27 bits per heavy atom. The Bertz CT molecular complexity index is 610. The van der Waals surface area contributed by atoms with Gasteiger partial charge in [0.25, 0.3) is 0 Å². The number of anilines is 1. The van der Waals surface area contributed by atoms with Gasteiger partial charge in [-0.05, 0) is 38.0 Å². The minimum absolute atomic E-state index is 0.0421. The van der Waals surface area contributed by atoms with Crippen LogP contribution in [0.2, 0.25) is 0 Å². The van der Waals surface area contributed by atoms with E-state index in [1.807, 2.05) is 0 Å². The molecule has 1 aromatic carbocycles. The molecule has 1 amide bonds. The molecule has 0 atom stereocenters. The molecule has 6 nitrogen and oxygen atoms in total. The molecule has 1 aromatic rings. The Kier molecular flexibility index (Phi) is 5.93. The van der Waals surface area contributed by atoms with Crippen molar-refractivity contribution in [3.63, 3.8) is 0 Å². The Morgan fingerprint density at radius 2 is 2.00 bits per heavy atom. The summed E-state index contributed by atoms with van der Waals surface area (Å²) in [4.78, 5) is 11.8. The summed E-state index contributed by atoms with van der Waals surface area (Å²) in [5.74, 6) is -0.297. The maximum Gasteiger partial charge on any atom is 0.250 e. The van der Waals surface area contributed by atoms with Crippen LogP contribution in [0.5, 0.6) is 0 Å². The number of benzene rings is 1. The lowest BCUT2D eigenvalue weighted by Gasteiger charge is -2.26. The molecule has 1 heterocycles. The zero-order chi connectivity index (χ0) is 16.0. The second kappa shape index (κ2) is 7.71. The summed E-state index contributed by atoms with van der Waals surface area (Å²) < 4.78 is 31.7. The van der Waals surface area contributed by atoms with Crippen LogP contribution in [-0.2, 0) is 19.6 Å². The molecule has 0 spiro atoms. The van der Waals surface area contributed by atoms with Crippen molar-refractivity contribution >= 4 is 21.6 Å². The average molecular weight is 326 g/mol. The SMILES string of the molecule is CCOCC(=O)Nc1cccc(S(=O)(=O)N2CCCCC2)c1. The fraction of sp³-hybridized carbons (Fsp3) is 0.533. The van der Waals surface area contributed by atoms with Gasteiger partial charge in [-0.25, -0.2) is 8.42 Å². The van der Waals surface area contributed by atoms with Gasteiger partial charge in [0.1, 0.15) is 6.61 Å². The second-order valence-corrected chi connectivity index (χ2v) is 7.12. The number of carbonyl (C=O) groups excluding carboxylic acids is 1. The highest BCUT2D eigenvalue weighted by molar-refractivity contribution is 7.89. The maximum atomic E-state index is 12.6. The van der Waals surface area contributed by atoms with E-state index in [4.69, 9.17) is 4.74 Å². The lowest BCUT2D eigenvalue weighted by atomic mass is 10.2. The first-order valence-electron chi connectivity index (χ1n) is 7.52. The Balaban J connectivity index is 2.11. The summed E-state index contributed by atoms with van der Waals surface area (Å²) >= 11 is 0. The summed E-state index contributed by atoms with van der Waals surface area (Å²) in [6.45, 7) is 3.34. The monoisotopic (exact) mass is 326 g/mol. The predicted octanol–water partition coefficient (Wildman–Crippen LogP) is 1.84. The van der Waals surface area contributed by atoms with Crippen LogP contribution in [0.3, 0.4) is 0 Å². The van der Waals surface area contributed by atoms with Crippen molar-refractivity contribution < 1.29 is 17.9 Å². The Labute approximate surface area is 131 Å². The topological polar surface area (TPSA) is 75.7 Å². The summed E-state index contributed by atoms with van der Waals surface area (Å²) in [5, 5.41) is 2.65. The van der Waals surface area contributed by atoms with Crippen LogP contribution in [0.25, 0.3) is 0 Å². The van der Waals surface area contributed by atoms with E-state index in [1.54, 1.807) is 25.1 Å². The van der Waals surface area contributed by atoms with Crippen molar-refractivity contribution in [3.8, 4) is 0 Å². The number of nitrogens with zero attached hydrogens (tertiary/aromatic N) is 1. The van der Waals surface area contributed by atoms with E-state index in [9.17, 15) is 13.2 Å². The third-order valence-electron chi connectivity index (χ3n) is 3.51. The number of nitrogens with one attached hydrogen (secondary N) is 1. The first kappa shape index (κ1) is 16.9. The fourth-order valence-corrected chi connectivity index (χ4v) is 3.94. The van der Waals surface area contributed by atoms with Crippen molar-refractivity contribution in [3.05, 3.63) is 24.3 Å². The summed E-state index contributed by atoms with van der Waals surface area (Å²) in [7, 11) is -3.49. The highest BCUT2D eigenvalue weighted by atomic mass is 32.2. The molecule has 0 aliphatic carbocycles. The van der Waals surface area contributed by atoms with E-state index in [0.29, 0.717) is 25.4 Å². The Hall–Kier alpha value is -1.44. The molecule has 0 bridgehead atoms. The number of rotatable bonds is 6. The van der Waals surface area contributed by atoms with E-state index < -0.39 is 10.0 Å². The molecule has 22 heavy (non-hydrogen) atoms. The second-order valence-electron chi connectivity index (χ2n) is 5.18. The van der Waals surface area contributed by atoms with Crippen LogP contribution in [0.15, 0.2) is 29.2 Å². The zero-order valence-corrected chi connectivity index (χ0v) is 13.6. The van der Waals surface area contributed by atoms with Crippen LogP contribution in [-0.4, -0.2) is 44.9 Å². The van der Waals surface area contributed by atoms with Gasteiger partial charge in [-0.3, -0.25) is 4.79 Å². The van der Waals surface area contributed by atoms with Gasteiger partial charge < -0.3 is 10.1 Å². The minimum atomic E-state index is -3.49. The molecule has 1 aliphatic rings. The van der Waals surface area contributed by atoms with E-state index >= 15 is 0 Å². The van der Waals surface area contributed by atoms with Gasteiger partial charge in [0.2, 0.25) is 15.9 Å². The van der Waals surface area contributed by atoms with Crippen LogP contribution >= 0.6 is 0 Å². The van der Waals surface area contributed by atoms with Gasteiger partial charge >= 0.3 is 0 Å². The number of amides is 1.